The number of hydrogen-bond acceptors (Lipinski definition) is 5. The van der Waals surface area contributed by atoms with E-state index < -0.39 is 30.0 Å². The third-order valence-corrected chi connectivity index (χ3v) is 3.20. The molecule has 1 aromatic carbocycles. The number of ether oxygens (including phenoxy) is 1. The van der Waals surface area contributed by atoms with Gasteiger partial charge in [-0.2, -0.15) is 13.2 Å². The van der Waals surface area contributed by atoms with E-state index in [1.54, 1.807) is 0 Å². The first-order valence-electron chi connectivity index (χ1n) is 6.67. The molecule has 0 saturated heterocycles. The fourth-order valence-corrected chi connectivity index (χ4v) is 1.89. The summed E-state index contributed by atoms with van der Waals surface area (Å²) in [4.78, 5) is 25.0. The molecule has 25 heavy (non-hydrogen) atoms. The molecule has 0 saturated carbocycles. The predicted molar refractivity (Wildman–Crippen MR) is 81.9 cm³/mol. The molecule has 0 atom stereocenters. The molecule has 0 aliphatic rings. The van der Waals surface area contributed by atoms with Gasteiger partial charge in [0.25, 0.3) is 5.78 Å². The third-order valence-electron chi connectivity index (χ3n) is 2.90. The molecule has 6 nitrogen and oxygen atoms in total. The zero-order valence-corrected chi connectivity index (χ0v) is 13.1. The van der Waals surface area contributed by atoms with Crippen LogP contribution < -0.4 is 10.1 Å². The van der Waals surface area contributed by atoms with E-state index in [4.69, 9.17) is 21.4 Å². The summed E-state index contributed by atoms with van der Waals surface area (Å²) in [6.45, 7) is -0.424. The average molecular weight is 375 g/mol. The maximum atomic E-state index is 12.5. The van der Waals surface area contributed by atoms with Gasteiger partial charge in [-0.25, -0.2) is 9.78 Å². The molecule has 0 radical (unpaired) electrons. The summed E-state index contributed by atoms with van der Waals surface area (Å²) in [5.41, 5.74) is -0.541. The first-order chi connectivity index (χ1) is 11.7. The van der Waals surface area contributed by atoms with Gasteiger partial charge in [-0.3, -0.25) is 4.79 Å². The second kappa shape index (κ2) is 7.39. The van der Waals surface area contributed by atoms with E-state index >= 15 is 0 Å². The number of hydrogen-bond donors (Lipinski definition) is 2. The number of Topliss-reactive ketones (excluding diaryl/α,β-unsaturated/α-hetero) is 1. The van der Waals surface area contributed by atoms with Crippen LogP contribution >= 0.6 is 11.6 Å². The molecule has 0 aliphatic carbocycles. The van der Waals surface area contributed by atoms with Gasteiger partial charge in [0.2, 0.25) is 5.88 Å². The van der Waals surface area contributed by atoms with Gasteiger partial charge in [-0.15, -0.1) is 0 Å². The molecule has 0 aliphatic heterocycles. The first-order valence-corrected chi connectivity index (χ1v) is 7.05. The van der Waals surface area contributed by atoms with Crippen molar-refractivity contribution in [3.05, 3.63) is 47.1 Å². The molecule has 0 spiro atoms. The van der Waals surface area contributed by atoms with E-state index in [9.17, 15) is 22.8 Å². The van der Waals surface area contributed by atoms with Crippen molar-refractivity contribution in [3.63, 3.8) is 0 Å². The number of ketones is 1. The Morgan fingerprint density at radius 2 is 1.96 bits per heavy atom. The smallest absolute Gasteiger partial charge is 0.417 e. The van der Waals surface area contributed by atoms with Crippen LogP contribution in [-0.4, -0.2) is 28.4 Å². The number of aliphatic carboxylic acids is 1. The molecule has 0 unspecified atom stereocenters. The summed E-state index contributed by atoms with van der Waals surface area (Å²) in [5.74, 6) is -2.54. The van der Waals surface area contributed by atoms with Crippen LogP contribution in [0.15, 0.2) is 36.5 Å². The number of aromatic nitrogens is 1. The molecule has 0 amide bonds. The van der Waals surface area contributed by atoms with Crippen LogP contribution in [0, 0.1) is 0 Å². The van der Waals surface area contributed by atoms with Gasteiger partial charge in [0.05, 0.1) is 17.1 Å². The highest BCUT2D eigenvalue weighted by Crippen LogP contribution is 2.33. The fourth-order valence-electron chi connectivity index (χ4n) is 1.67. The lowest BCUT2D eigenvalue weighted by atomic mass is 10.2. The number of carbonyl (C=O) groups is 2. The molecule has 132 valence electrons. The quantitative estimate of drug-likeness (QED) is 0.751. The summed E-state index contributed by atoms with van der Waals surface area (Å²) in [6.07, 6.45) is -3.86. The Kier molecular flexibility index (Phi) is 5.48. The second-order valence-electron chi connectivity index (χ2n) is 4.71. The number of anilines is 1. The standard InChI is InChI=1S/C15H10ClF3N2O4/c16-10-5-9(20-7-11(22)14(23)24)2-3-12(10)25-13-4-1-8(6-21-13)15(17,18)19/h1-6,20H,7H2,(H,23,24). The predicted octanol–water partition coefficient (Wildman–Crippen LogP) is 3.61. The number of carbonyl (C=O) groups excluding carboxylic acids is 1. The van der Waals surface area contributed by atoms with E-state index in [0.717, 1.165) is 12.1 Å². The van der Waals surface area contributed by atoms with Crippen molar-refractivity contribution in [1.29, 1.82) is 0 Å². The Balaban J connectivity index is 2.06. The minimum Gasteiger partial charge on any atom is -0.475 e. The zero-order chi connectivity index (χ0) is 18.6. The largest absolute Gasteiger partial charge is 0.475 e. The van der Waals surface area contributed by atoms with E-state index in [1.807, 2.05) is 0 Å². The number of carboxylic acid groups (broad SMARTS) is 1. The van der Waals surface area contributed by atoms with E-state index in [-0.39, 0.29) is 16.7 Å². The van der Waals surface area contributed by atoms with Crippen LogP contribution in [0.25, 0.3) is 0 Å². The van der Waals surface area contributed by atoms with Crippen molar-refractivity contribution in [2.75, 3.05) is 11.9 Å². The molecule has 2 rings (SSSR count). The van der Waals surface area contributed by atoms with Gasteiger partial charge in [-0.05, 0) is 24.3 Å². The van der Waals surface area contributed by atoms with E-state index in [2.05, 4.69) is 10.3 Å². The highest BCUT2D eigenvalue weighted by molar-refractivity contribution is 6.34. The molecule has 0 fully saturated rings. The lowest BCUT2D eigenvalue weighted by molar-refractivity contribution is -0.148. The van der Waals surface area contributed by atoms with Crippen molar-refractivity contribution in [2.45, 2.75) is 6.18 Å². The first kappa shape index (κ1) is 18.5. The highest BCUT2D eigenvalue weighted by Gasteiger charge is 2.30. The Hall–Kier alpha value is -2.81. The topological polar surface area (TPSA) is 88.5 Å². The van der Waals surface area contributed by atoms with Crippen molar-refractivity contribution >= 4 is 29.0 Å². The number of rotatable bonds is 6. The molecular formula is C15H10ClF3N2O4. The third kappa shape index (κ3) is 5.08. The molecule has 10 heteroatoms. The van der Waals surface area contributed by atoms with E-state index in [1.165, 1.54) is 18.2 Å². The molecule has 2 aromatic rings. The van der Waals surface area contributed by atoms with Crippen LogP contribution in [0.3, 0.4) is 0 Å². The van der Waals surface area contributed by atoms with Gasteiger partial charge in [0, 0.05) is 18.0 Å². The number of carboxylic acids is 1. The monoisotopic (exact) mass is 374 g/mol. The maximum Gasteiger partial charge on any atom is 0.417 e. The summed E-state index contributed by atoms with van der Waals surface area (Å²) in [6, 6.07) is 6.10. The lowest BCUT2D eigenvalue weighted by Gasteiger charge is -2.10. The summed E-state index contributed by atoms with van der Waals surface area (Å²) in [5, 5.41) is 11.1. The van der Waals surface area contributed by atoms with Crippen LogP contribution in [-0.2, 0) is 15.8 Å². The number of nitrogens with zero attached hydrogens (tertiary/aromatic N) is 1. The van der Waals surface area contributed by atoms with Crippen molar-refractivity contribution in [2.24, 2.45) is 0 Å². The Labute approximate surface area is 144 Å². The molecule has 1 heterocycles. The van der Waals surface area contributed by atoms with Crippen LogP contribution in [0.5, 0.6) is 11.6 Å². The Morgan fingerprint density at radius 3 is 2.48 bits per heavy atom. The highest BCUT2D eigenvalue weighted by atomic mass is 35.5. The van der Waals surface area contributed by atoms with Crippen molar-refractivity contribution < 1.29 is 32.6 Å². The Bertz CT molecular complexity index is 794. The number of nitrogens with one attached hydrogen (secondary N) is 1. The minimum absolute atomic E-state index is 0.0864. The number of alkyl halides is 3. The average Bonchev–Trinajstić information content (AvgIpc) is 2.54. The normalized spacial score (nSPS) is 11.0. The summed E-state index contributed by atoms with van der Waals surface area (Å²) in [7, 11) is 0. The molecule has 0 bridgehead atoms. The summed E-state index contributed by atoms with van der Waals surface area (Å²) >= 11 is 5.99. The minimum atomic E-state index is -4.50. The fraction of sp³-hybridized carbons (Fsp3) is 0.133. The maximum absolute atomic E-state index is 12.5. The van der Waals surface area contributed by atoms with Crippen LogP contribution in [0.4, 0.5) is 18.9 Å². The van der Waals surface area contributed by atoms with E-state index in [0.29, 0.717) is 11.9 Å². The summed E-state index contributed by atoms with van der Waals surface area (Å²) < 4.78 is 42.7. The van der Waals surface area contributed by atoms with Crippen molar-refractivity contribution in [3.8, 4) is 11.6 Å². The van der Waals surface area contributed by atoms with Gasteiger partial charge >= 0.3 is 12.1 Å². The van der Waals surface area contributed by atoms with Gasteiger partial charge < -0.3 is 15.2 Å². The van der Waals surface area contributed by atoms with Crippen LogP contribution in [0.2, 0.25) is 5.02 Å². The molecular weight excluding hydrogens is 365 g/mol. The molecule has 2 N–H and O–H groups in total. The van der Waals surface area contributed by atoms with Crippen LogP contribution in [0.1, 0.15) is 5.56 Å². The SMILES string of the molecule is O=C(O)C(=O)CNc1ccc(Oc2ccc(C(F)(F)F)cn2)c(Cl)c1. The zero-order valence-electron chi connectivity index (χ0n) is 12.3. The van der Waals surface area contributed by atoms with Gasteiger partial charge in [-0.1, -0.05) is 11.6 Å². The number of halogens is 4. The molecule has 1 aromatic heterocycles. The Morgan fingerprint density at radius 1 is 1.24 bits per heavy atom. The second-order valence-corrected chi connectivity index (χ2v) is 5.12. The number of pyridine rings is 1. The lowest BCUT2D eigenvalue weighted by Crippen LogP contribution is -2.22. The van der Waals surface area contributed by atoms with Gasteiger partial charge in [0.1, 0.15) is 5.75 Å². The number of benzene rings is 1. The van der Waals surface area contributed by atoms with Gasteiger partial charge in [0.15, 0.2) is 0 Å². The van der Waals surface area contributed by atoms with Crippen molar-refractivity contribution in [1.82, 2.24) is 4.98 Å².